The second-order valence-corrected chi connectivity index (χ2v) is 11.0. The van der Waals surface area contributed by atoms with Crippen LogP contribution >= 0.6 is 0 Å². The van der Waals surface area contributed by atoms with Crippen LogP contribution in [0.15, 0.2) is 48.5 Å². The van der Waals surface area contributed by atoms with E-state index in [0.717, 1.165) is 64.2 Å². The van der Waals surface area contributed by atoms with Crippen molar-refractivity contribution in [3.8, 4) is 11.1 Å². The van der Waals surface area contributed by atoms with Gasteiger partial charge in [-0.3, -0.25) is 0 Å². The summed E-state index contributed by atoms with van der Waals surface area (Å²) in [7, 11) is 0. The maximum absolute atomic E-state index is 15.2. The molecular formula is C34H40F4. The summed E-state index contributed by atoms with van der Waals surface area (Å²) < 4.78 is 59.4. The predicted molar refractivity (Wildman–Crippen MR) is 148 cm³/mol. The molecule has 0 heterocycles. The van der Waals surface area contributed by atoms with Gasteiger partial charge in [0.25, 0.3) is 0 Å². The van der Waals surface area contributed by atoms with Crippen LogP contribution in [0, 0.1) is 29.2 Å². The third-order valence-electron chi connectivity index (χ3n) is 8.32. The van der Waals surface area contributed by atoms with Crippen LogP contribution in [0.1, 0.15) is 99.8 Å². The molecule has 4 rings (SSSR count). The van der Waals surface area contributed by atoms with E-state index in [2.05, 4.69) is 13.8 Å². The minimum Gasteiger partial charge on any atom is -0.203 e. The van der Waals surface area contributed by atoms with Gasteiger partial charge in [-0.15, -0.1) is 0 Å². The molecule has 38 heavy (non-hydrogen) atoms. The highest BCUT2D eigenvalue weighted by molar-refractivity contribution is 5.65. The van der Waals surface area contributed by atoms with Crippen molar-refractivity contribution < 1.29 is 17.6 Å². The lowest BCUT2D eigenvalue weighted by Gasteiger charge is -2.29. The van der Waals surface area contributed by atoms with E-state index in [1.807, 2.05) is 24.3 Å². The highest BCUT2D eigenvalue weighted by Gasteiger charge is 2.27. The Morgan fingerprint density at radius 2 is 1.26 bits per heavy atom. The topological polar surface area (TPSA) is 0 Å². The first-order chi connectivity index (χ1) is 18.4. The van der Waals surface area contributed by atoms with Crippen LogP contribution in [0.4, 0.5) is 17.6 Å². The highest BCUT2D eigenvalue weighted by atomic mass is 19.2. The smallest absolute Gasteiger partial charge is 0.166 e. The van der Waals surface area contributed by atoms with Gasteiger partial charge in [-0.05, 0) is 97.4 Å². The first-order valence-corrected chi connectivity index (χ1v) is 14.5. The number of rotatable bonds is 11. The third-order valence-corrected chi connectivity index (χ3v) is 8.32. The standard InChI is InChI=1S/C34H40F4/c1-3-5-6-8-27-19-20-28(32(36)31(27)35)18-13-24-11-16-26(17-12-24)30-22-21-29(33(37)34(30)38)25-14-9-23(7-4-2)10-15-25/h9-10,14-15,19-22,24,26H,3-8,11-13,16-18H2,1-2H3. The van der Waals surface area contributed by atoms with E-state index in [9.17, 15) is 8.78 Å². The number of hydrogen-bond donors (Lipinski definition) is 0. The summed E-state index contributed by atoms with van der Waals surface area (Å²) in [5, 5.41) is 0. The molecule has 0 spiro atoms. The molecule has 0 nitrogen and oxygen atoms in total. The Labute approximate surface area is 225 Å². The lowest BCUT2D eigenvalue weighted by molar-refractivity contribution is 0.303. The number of benzene rings is 3. The van der Waals surface area contributed by atoms with Gasteiger partial charge in [0.2, 0.25) is 0 Å². The van der Waals surface area contributed by atoms with E-state index >= 15 is 8.78 Å². The van der Waals surface area contributed by atoms with Crippen LogP contribution in [0.5, 0.6) is 0 Å². The zero-order chi connectivity index (χ0) is 27.1. The number of halogens is 4. The van der Waals surface area contributed by atoms with Crippen molar-refractivity contribution in [1.82, 2.24) is 0 Å². The molecule has 0 atom stereocenters. The van der Waals surface area contributed by atoms with Crippen molar-refractivity contribution in [1.29, 1.82) is 0 Å². The zero-order valence-corrected chi connectivity index (χ0v) is 22.8. The summed E-state index contributed by atoms with van der Waals surface area (Å²) in [6, 6.07) is 14.6. The lowest BCUT2D eigenvalue weighted by atomic mass is 9.76. The van der Waals surface area contributed by atoms with E-state index in [0.29, 0.717) is 46.6 Å². The number of unbranched alkanes of at least 4 members (excludes halogenated alkanes) is 2. The van der Waals surface area contributed by atoms with Crippen molar-refractivity contribution in [3.05, 3.63) is 94.1 Å². The van der Waals surface area contributed by atoms with Crippen LogP contribution in [0.3, 0.4) is 0 Å². The Balaban J connectivity index is 1.33. The van der Waals surface area contributed by atoms with Gasteiger partial charge in [0.15, 0.2) is 23.3 Å². The summed E-state index contributed by atoms with van der Waals surface area (Å²) in [4.78, 5) is 0. The molecule has 3 aromatic rings. The van der Waals surface area contributed by atoms with Crippen molar-refractivity contribution in [2.45, 2.75) is 96.8 Å². The fourth-order valence-electron chi connectivity index (χ4n) is 5.95. The molecule has 1 fully saturated rings. The third kappa shape index (κ3) is 6.68. The minimum absolute atomic E-state index is 0.0154. The summed E-state index contributed by atoms with van der Waals surface area (Å²) in [5.41, 5.74) is 3.55. The van der Waals surface area contributed by atoms with Crippen molar-refractivity contribution in [2.75, 3.05) is 0 Å². The molecule has 0 aromatic heterocycles. The number of hydrogen-bond acceptors (Lipinski definition) is 0. The predicted octanol–water partition coefficient (Wildman–Crippen LogP) is 10.5. The Morgan fingerprint density at radius 3 is 1.89 bits per heavy atom. The normalized spacial score (nSPS) is 17.6. The molecule has 0 aliphatic heterocycles. The quantitative estimate of drug-likeness (QED) is 0.173. The molecule has 1 aliphatic rings. The lowest BCUT2D eigenvalue weighted by Crippen LogP contribution is -2.16. The average Bonchev–Trinajstić information content (AvgIpc) is 2.93. The first kappa shape index (κ1) is 28.4. The summed E-state index contributed by atoms with van der Waals surface area (Å²) >= 11 is 0. The SMILES string of the molecule is CCCCCc1ccc(CCC2CCC(c3ccc(-c4ccc(CCC)cc4)c(F)c3F)CC2)c(F)c1F. The fraction of sp³-hybridized carbons (Fsp3) is 0.471. The molecule has 0 unspecified atom stereocenters. The molecule has 3 aromatic carbocycles. The van der Waals surface area contributed by atoms with Crippen LogP contribution in [-0.4, -0.2) is 0 Å². The second-order valence-electron chi connectivity index (χ2n) is 11.0. The van der Waals surface area contributed by atoms with Crippen molar-refractivity contribution in [3.63, 3.8) is 0 Å². The van der Waals surface area contributed by atoms with Crippen LogP contribution in [-0.2, 0) is 19.3 Å². The zero-order valence-electron chi connectivity index (χ0n) is 22.8. The van der Waals surface area contributed by atoms with Gasteiger partial charge < -0.3 is 0 Å². The van der Waals surface area contributed by atoms with Crippen molar-refractivity contribution >= 4 is 0 Å². The van der Waals surface area contributed by atoms with Gasteiger partial charge >= 0.3 is 0 Å². The van der Waals surface area contributed by atoms with Gasteiger partial charge in [0.1, 0.15) is 0 Å². The molecular weight excluding hydrogens is 484 g/mol. The van der Waals surface area contributed by atoms with E-state index in [4.69, 9.17) is 0 Å². The molecule has 0 bridgehead atoms. The van der Waals surface area contributed by atoms with E-state index in [-0.39, 0.29) is 5.92 Å². The minimum atomic E-state index is -0.775. The highest BCUT2D eigenvalue weighted by Crippen LogP contribution is 2.40. The fourth-order valence-corrected chi connectivity index (χ4v) is 5.95. The monoisotopic (exact) mass is 524 g/mol. The Hall–Kier alpha value is -2.62. The van der Waals surface area contributed by atoms with Crippen LogP contribution < -0.4 is 0 Å². The van der Waals surface area contributed by atoms with Crippen LogP contribution in [0.2, 0.25) is 0 Å². The van der Waals surface area contributed by atoms with Gasteiger partial charge in [0.05, 0.1) is 0 Å². The largest absolute Gasteiger partial charge is 0.203 e. The van der Waals surface area contributed by atoms with Gasteiger partial charge in [-0.25, -0.2) is 17.6 Å². The molecule has 0 amide bonds. The molecule has 204 valence electrons. The Morgan fingerprint density at radius 1 is 0.605 bits per heavy atom. The molecule has 1 aliphatic carbocycles. The van der Waals surface area contributed by atoms with Crippen LogP contribution in [0.25, 0.3) is 11.1 Å². The van der Waals surface area contributed by atoms with Gasteiger partial charge in [-0.2, -0.15) is 0 Å². The first-order valence-electron chi connectivity index (χ1n) is 14.5. The average molecular weight is 525 g/mol. The van der Waals surface area contributed by atoms with E-state index in [1.165, 1.54) is 5.56 Å². The molecule has 4 heteroatoms. The number of aryl methyl sites for hydroxylation is 3. The summed E-state index contributed by atoms with van der Waals surface area (Å²) in [6.45, 7) is 4.20. The van der Waals surface area contributed by atoms with E-state index < -0.39 is 23.3 Å². The molecule has 1 saturated carbocycles. The Bertz CT molecular complexity index is 1190. The van der Waals surface area contributed by atoms with Gasteiger partial charge in [-0.1, -0.05) is 81.6 Å². The molecule has 0 saturated heterocycles. The van der Waals surface area contributed by atoms with E-state index in [1.54, 1.807) is 24.3 Å². The van der Waals surface area contributed by atoms with Gasteiger partial charge in [0, 0.05) is 5.56 Å². The molecule has 0 N–H and O–H groups in total. The maximum Gasteiger partial charge on any atom is 0.166 e. The summed E-state index contributed by atoms with van der Waals surface area (Å²) in [6.07, 6.45) is 10.1. The Kier molecular flexibility index (Phi) is 10.0. The molecule has 0 radical (unpaired) electrons. The summed E-state index contributed by atoms with van der Waals surface area (Å²) in [5.74, 6) is -2.54. The maximum atomic E-state index is 15.2. The second kappa shape index (κ2) is 13.4. The van der Waals surface area contributed by atoms with Crippen molar-refractivity contribution in [2.24, 2.45) is 5.92 Å².